The van der Waals surface area contributed by atoms with Crippen LogP contribution in [0.5, 0.6) is 0 Å². The standard InChI is InChI=1S/C40H56N8/c1-5-9-23-41-33-27-31(45-39(47-33)43-25-11-7-3)37-35(29-19-15-13-16-20-29)38(36(37)30-21-17-14-18-22-30)32-28-34(42-24-10-6-2)48-40(46-32)44-26-12-8-4/h13-22,27-28,35-38H,5-12,23-26H2,1-4H3,(H2,41,43,45,47)(H2,42,44,46,48). The minimum atomic E-state index is 0.129. The largest absolute Gasteiger partial charge is 0.370 e. The monoisotopic (exact) mass is 648 g/mol. The molecule has 48 heavy (non-hydrogen) atoms. The molecule has 256 valence electrons. The van der Waals surface area contributed by atoms with E-state index in [0.29, 0.717) is 11.9 Å². The van der Waals surface area contributed by atoms with Gasteiger partial charge in [0.15, 0.2) is 0 Å². The van der Waals surface area contributed by atoms with E-state index in [1.807, 2.05) is 0 Å². The molecule has 1 saturated carbocycles. The van der Waals surface area contributed by atoms with Crippen LogP contribution in [0.2, 0.25) is 0 Å². The van der Waals surface area contributed by atoms with Crippen molar-refractivity contribution in [2.24, 2.45) is 0 Å². The van der Waals surface area contributed by atoms with Gasteiger partial charge in [0, 0.05) is 62.0 Å². The number of unbranched alkanes of at least 4 members (excludes halogenated alkanes) is 4. The lowest BCUT2D eigenvalue weighted by Gasteiger charge is -2.52. The lowest BCUT2D eigenvalue weighted by Crippen LogP contribution is -2.41. The number of rotatable bonds is 20. The van der Waals surface area contributed by atoms with Gasteiger partial charge in [-0.2, -0.15) is 9.97 Å². The van der Waals surface area contributed by atoms with Crippen LogP contribution in [0.15, 0.2) is 72.8 Å². The first-order valence-electron chi connectivity index (χ1n) is 18.5. The van der Waals surface area contributed by atoms with Crippen LogP contribution in [0.25, 0.3) is 0 Å². The van der Waals surface area contributed by atoms with Gasteiger partial charge in [-0.25, -0.2) is 9.97 Å². The van der Waals surface area contributed by atoms with E-state index in [2.05, 4.69) is 122 Å². The Morgan fingerprint density at radius 2 is 0.792 bits per heavy atom. The maximum Gasteiger partial charge on any atom is 0.224 e. The smallest absolute Gasteiger partial charge is 0.224 e. The lowest BCUT2D eigenvalue weighted by atomic mass is 9.50. The molecule has 4 N–H and O–H groups in total. The zero-order chi connectivity index (χ0) is 33.6. The highest BCUT2D eigenvalue weighted by Crippen LogP contribution is 2.66. The van der Waals surface area contributed by atoms with Gasteiger partial charge in [0.2, 0.25) is 11.9 Å². The molecule has 8 heteroatoms. The topological polar surface area (TPSA) is 99.7 Å². The van der Waals surface area contributed by atoms with Crippen molar-refractivity contribution in [3.63, 3.8) is 0 Å². The molecule has 2 aromatic heterocycles. The van der Waals surface area contributed by atoms with Crippen LogP contribution < -0.4 is 21.3 Å². The molecule has 4 aromatic rings. The minimum Gasteiger partial charge on any atom is -0.370 e. The van der Waals surface area contributed by atoms with Crippen molar-refractivity contribution in [3.05, 3.63) is 95.3 Å². The summed E-state index contributed by atoms with van der Waals surface area (Å²) in [6.07, 6.45) is 8.85. The molecule has 2 heterocycles. The molecule has 0 amide bonds. The van der Waals surface area contributed by atoms with Gasteiger partial charge in [0.1, 0.15) is 11.6 Å². The Morgan fingerprint density at radius 3 is 1.15 bits per heavy atom. The van der Waals surface area contributed by atoms with Crippen LogP contribution in [0.1, 0.15) is 125 Å². The van der Waals surface area contributed by atoms with Gasteiger partial charge in [0.25, 0.3) is 0 Å². The first kappa shape index (κ1) is 35.1. The third-order valence-electron chi connectivity index (χ3n) is 9.39. The van der Waals surface area contributed by atoms with Crippen LogP contribution in [0, 0.1) is 0 Å². The minimum absolute atomic E-state index is 0.129. The summed E-state index contributed by atoms with van der Waals surface area (Å²) in [5.74, 6) is 3.78. The van der Waals surface area contributed by atoms with E-state index in [-0.39, 0.29) is 23.7 Å². The molecule has 5 rings (SSSR count). The van der Waals surface area contributed by atoms with E-state index in [1.165, 1.54) is 11.1 Å². The van der Waals surface area contributed by atoms with Crippen LogP contribution in [0.3, 0.4) is 0 Å². The van der Waals surface area contributed by atoms with E-state index >= 15 is 0 Å². The summed E-state index contributed by atoms with van der Waals surface area (Å²) < 4.78 is 0. The summed E-state index contributed by atoms with van der Waals surface area (Å²) >= 11 is 0. The van der Waals surface area contributed by atoms with Crippen molar-refractivity contribution in [2.75, 3.05) is 47.4 Å². The second kappa shape index (κ2) is 18.4. The average Bonchev–Trinajstić information content (AvgIpc) is 3.09. The quantitative estimate of drug-likeness (QED) is 0.0703. The molecule has 8 nitrogen and oxygen atoms in total. The van der Waals surface area contributed by atoms with Crippen LogP contribution in [-0.2, 0) is 0 Å². The Morgan fingerprint density at radius 1 is 0.438 bits per heavy atom. The maximum absolute atomic E-state index is 5.25. The summed E-state index contributed by atoms with van der Waals surface area (Å²) in [6, 6.07) is 26.3. The Labute approximate surface area is 288 Å². The summed E-state index contributed by atoms with van der Waals surface area (Å²) in [6.45, 7) is 12.4. The van der Waals surface area contributed by atoms with Crippen molar-refractivity contribution < 1.29 is 0 Å². The summed E-state index contributed by atoms with van der Waals surface area (Å²) in [4.78, 5) is 20.3. The molecule has 0 aliphatic heterocycles. The van der Waals surface area contributed by atoms with Gasteiger partial charge >= 0.3 is 0 Å². The molecule has 1 aliphatic rings. The molecular weight excluding hydrogens is 592 g/mol. The van der Waals surface area contributed by atoms with Crippen LogP contribution in [-0.4, -0.2) is 46.1 Å². The zero-order valence-electron chi connectivity index (χ0n) is 29.5. The Balaban J connectivity index is 1.63. The predicted octanol–water partition coefficient (Wildman–Crippen LogP) is 9.56. The molecule has 0 bridgehead atoms. The highest BCUT2D eigenvalue weighted by atomic mass is 15.2. The highest BCUT2D eigenvalue weighted by molar-refractivity contribution is 5.52. The molecule has 0 spiro atoms. The number of benzene rings is 2. The summed E-state index contributed by atoms with van der Waals surface area (Å²) in [5.41, 5.74) is 4.75. The second-order valence-corrected chi connectivity index (χ2v) is 13.0. The third-order valence-corrected chi connectivity index (χ3v) is 9.39. The van der Waals surface area contributed by atoms with E-state index in [1.54, 1.807) is 0 Å². The summed E-state index contributed by atoms with van der Waals surface area (Å²) in [7, 11) is 0. The normalized spacial score (nSPS) is 18.6. The molecule has 1 aliphatic carbocycles. The Hall–Kier alpha value is -4.20. The Bertz CT molecular complexity index is 1330. The highest BCUT2D eigenvalue weighted by Gasteiger charge is 2.54. The van der Waals surface area contributed by atoms with Crippen molar-refractivity contribution in [3.8, 4) is 0 Å². The second-order valence-electron chi connectivity index (χ2n) is 13.0. The third kappa shape index (κ3) is 9.03. The fraction of sp³-hybridized carbons (Fsp3) is 0.500. The maximum atomic E-state index is 5.25. The lowest BCUT2D eigenvalue weighted by molar-refractivity contribution is 0.220. The van der Waals surface area contributed by atoms with Gasteiger partial charge in [0.05, 0.1) is 11.4 Å². The van der Waals surface area contributed by atoms with Gasteiger partial charge < -0.3 is 21.3 Å². The predicted molar refractivity (Wildman–Crippen MR) is 202 cm³/mol. The van der Waals surface area contributed by atoms with Crippen LogP contribution in [0.4, 0.5) is 23.5 Å². The Kier molecular flexibility index (Phi) is 13.4. The van der Waals surface area contributed by atoms with Crippen molar-refractivity contribution in [1.29, 1.82) is 0 Å². The molecule has 0 saturated heterocycles. The summed E-state index contributed by atoms with van der Waals surface area (Å²) in [5, 5.41) is 14.3. The zero-order valence-corrected chi connectivity index (χ0v) is 29.5. The number of aromatic nitrogens is 4. The number of anilines is 4. The molecule has 1 fully saturated rings. The van der Waals surface area contributed by atoms with Crippen molar-refractivity contribution in [1.82, 2.24) is 19.9 Å². The first-order chi connectivity index (χ1) is 23.7. The molecule has 0 radical (unpaired) electrons. The molecule has 2 aromatic carbocycles. The van der Waals surface area contributed by atoms with E-state index in [0.717, 1.165) is 101 Å². The van der Waals surface area contributed by atoms with Gasteiger partial charge in [-0.05, 0) is 36.8 Å². The van der Waals surface area contributed by atoms with Crippen molar-refractivity contribution >= 4 is 23.5 Å². The average molecular weight is 649 g/mol. The molecule has 0 atom stereocenters. The molecule has 0 unspecified atom stereocenters. The number of nitrogens with one attached hydrogen (secondary N) is 4. The number of nitrogens with zero attached hydrogens (tertiary/aromatic N) is 4. The van der Waals surface area contributed by atoms with Crippen LogP contribution >= 0.6 is 0 Å². The van der Waals surface area contributed by atoms with Gasteiger partial charge in [-0.3, -0.25) is 0 Å². The van der Waals surface area contributed by atoms with E-state index < -0.39 is 0 Å². The number of hydrogen-bond acceptors (Lipinski definition) is 8. The fourth-order valence-corrected chi connectivity index (χ4v) is 6.82. The first-order valence-corrected chi connectivity index (χ1v) is 18.5. The van der Waals surface area contributed by atoms with E-state index in [9.17, 15) is 0 Å². The van der Waals surface area contributed by atoms with E-state index in [4.69, 9.17) is 19.9 Å². The van der Waals surface area contributed by atoms with Crippen molar-refractivity contribution in [2.45, 2.75) is 103 Å². The fourth-order valence-electron chi connectivity index (χ4n) is 6.82. The SMILES string of the molecule is CCCCNc1cc(C2C(c3ccccc3)C(c3cc(NCCCC)nc(NCCCC)n3)C2c2ccccc2)nc(NCCCC)n1. The van der Waals surface area contributed by atoms with Gasteiger partial charge in [-0.1, -0.05) is 114 Å². The molecular formula is C40H56N8. The number of hydrogen-bond donors (Lipinski definition) is 4. The van der Waals surface area contributed by atoms with Gasteiger partial charge in [-0.15, -0.1) is 0 Å².